The van der Waals surface area contributed by atoms with Crippen LogP contribution < -0.4 is 4.90 Å². The molecule has 308 valence electrons. The predicted octanol–water partition coefficient (Wildman–Crippen LogP) is 16.6. The van der Waals surface area contributed by atoms with Gasteiger partial charge in [0.05, 0.1) is 16.8 Å². The molecular weight excluding hydrogens is 803 g/mol. The smallest absolute Gasteiger partial charge is 0.159 e. The van der Waals surface area contributed by atoms with Gasteiger partial charge in [0.25, 0.3) is 0 Å². The fraction of sp³-hybridized carbons (Fsp3) is 0.0476. The number of hydrogen-bond acceptors (Lipinski definition) is 3. The number of rotatable bonds is 4. The van der Waals surface area contributed by atoms with E-state index in [-0.39, 0.29) is 0 Å². The Hall–Kier alpha value is -8.40. The normalized spacial score (nSPS) is 14.4. The van der Waals surface area contributed by atoms with Crippen molar-refractivity contribution in [3.63, 3.8) is 0 Å². The summed E-state index contributed by atoms with van der Waals surface area (Å²) in [6.07, 6.45) is 0. The zero-order valence-electron chi connectivity index (χ0n) is 36.0. The van der Waals surface area contributed by atoms with Crippen LogP contribution in [0.5, 0.6) is 0 Å². The number of benzene rings is 10. The van der Waals surface area contributed by atoms with E-state index in [0.29, 0.717) is 0 Å². The maximum absolute atomic E-state index is 7.47. The van der Waals surface area contributed by atoms with Gasteiger partial charge >= 0.3 is 0 Å². The molecule has 3 nitrogen and oxygen atoms in total. The summed E-state index contributed by atoms with van der Waals surface area (Å²) >= 11 is 0. The predicted molar refractivity (Wildman–Crippen MR) is 269 cm³/mol. The Balaban J connectivity index is 1.03. The molecule has 0 saturated heterocycles. The van der Waals surface area contributed by atoms with Crippen LogP contribution in [0, 0.1) is 0 Å². The van der Waals surface area contributed by atoms with Gasteiger partial charge in [0.2, 0.25) is 0 Å². The van der Waals surface area contributed by atoms with Crippen LogP contribution in [0.4, 0.5) is 17.1 Å². The minimum Gasteiger partial charge on any atom is -0.454 e. The molecule has 1 spiro atoms. The van der Waals surface area contributed by atoms with Crippen LogP contribution >= 0.6 is 0 Å². The van der Waals surface area contributed by atoms with Crippen LogP contribution in [0.2, 0.25) is 0 Å². The third kappa shape index (κ3) is 4.38. The minimum absolute atomic E-state index is 0.433. The van der Waals surface area contributed by atoms with E-state index in [4.69, 9.17) is 8.83 Å². The van der Waals surface area contributed by atoms with Crippen molar-refractivity contribution < 1.29 is 8.83 Å². The van der Waals surface area contributed by atoms with E-state index in [2.05, 4.69) is 224 Å². The van der Waals surface area contributed by atoms with Gasteiger partial charge < -0.3 is 13.7 Å². The molecule has 0 radical (unpaired) electrons. The number of para-hydroxylation sites is 4. The summed E-state index contributed by atoms with van der Waals surface area (Å²) in [6, 6.07) is 80.1. The number of fused-ring (bicyclic) bond motifs is 19. The van der Waals surface area contributed by atoms with Gasteiger partial charge in [0.15, 0.2) is 11.2 Å². The van der Waals surface area contributed by atoms with Crippen molar-refractivity contribution >= 4 is 60.9 Å². The van der Waals surface area contributed by atoms with Crippen LogP contribution in [0.25, 0.3) is 77.3 Å². The fourth-order valence-electron chi connectivity index (χ4n) is 12.7. The molecule has 0 N–H and O–H groups in total. The molecule has 2 aromatic heterocycles. The molecule has 0 aliphatic heterocycles. The third-order valence-corrected chi connectivity index (χ3v) is 15.4. The van der Waals surface area contributed by atoms with E-state index < -0.39 is 10.8 Å². The Kier molecular flexibility index (Phi) is 7.02. The Labute approximate surface area is 381 Å². The van der Waals surface area contributed by atoms with Crippen LogP contribution in [0.3, 0.4) is 0 Å². The first-order chi connectivity index (χ1) is 32.6. The molecule has 10 aromatic carbocycles. The standard InChI is InChI=1S/C63H39NO2/c1-62(49-26-8-2-17-39(49)40-18-3-9-27-50(40)62)54-31-14-23-47-48-25-16-33-57(61(48)66-59(47)54)64(56-32-15-24-46-45-22-7-13-34-58(45)65-60(46)56)38-35-36-44-43-21-6-12-30-53(43)63(55(44)37-38)51-28-10-4-19-41(51)42-20-5-11-29-52(42)63/h2-37H,1H3. The van der Waals surface area contributed by atoms with Crippen molar-refractivity contribution in [1.29, 1.82) is 0 Å². The molecule has 0 atom stereocenters. The van der Waals surface area contributed by atoms with E-state index in [1.165, 1.54) is 66.8 Å². The van der Waals surface area contributed by atoms with Crippen molar-refractivity contribution in [1.82, 2.24) is 0 Å². The molecule has 3 heteroatoms. The second-order valence-electron chi connectivity index (χ2n) is 18.4. The summed E-state index contributed by atoms with van der Waals surface area (Å²) in [5.41, 5.74) is 22.0. The first-order valence-electron chi connectivity index (χ1n) is 22.9. The largest absolute Gasteiger partial charge is 0.454 e. The van der Waals surface area contributed by atoms with E-state index in [0.717, 1.165) is 66.5 Å². The zero-order chi connectivity index (χ0) is 43.3. The highest BCUT2D eigenvalue weighted by Gasteiger charge is 2.52. The maximum Gasteiger partial charge on any atom is 0.159 e. The summed E-state index contributed by atoms with van der Waals surface area (Å²) in [5, 5.41) is 4.32. The lowest BCUT2D eigenvalue weighted by atomic mass is 9.70. The highest BCUT2D eigenvalue weighted by molar-refractivity contribution is 6.15. The number of anilines is 3. The number of hydrogen-bond donors (Lipinski definition) is 0. The molecule has 3 aliphatic rings. The molecule has 3 aliphatic carbocycles. The van der Waals surface area contributed by atoms with Gasteiger partial charge in [-0.3, -0.25) is 0 Å². The van der Waals surface area contributed by atoms with Gasteiger partial charge in [-0.15, -0.1) is 0 Å². The lowest BCUT2D eigenvalue weighted by Gasteiger charge is -2.32. The van der Waals surface area contributed by atoms with Gasteiger partial charge in [-0.1, -0.05) is 188 Å². The van der Waals surface area contributed by atoms with Crippen LogP contribution in [-0.2, 0) is 10.8 Å². The highest BCUT2D eigenvalue weighted by atomic mass is 16.3. The summed E-state index contributed by atoms with van der Waals surface area (Å²) in [6.45, 7) is 2.37. The molecule has 0 fully saturated rings. The Morgan fingerprint density at radius 2 is 0.727 bits per heavy atom. The number of nitrogens with zero attached hydrogens (tertiary/aromatic N) is 1. The van der Waals surface area contributed by atoms with Gasteiger partial charge in [0, 0.05) is 38.2 Å². The highest BCUT2D eigenvalue weighted by Crippen LogP contribution is 2.64. The lowest BCUT2D eigenvalue weighted by molar-refractivity contribution is 0.638. The summed E-state index contributed by atoms with van der Waals surface area (Å²) in [4.78, 5) is 2.39. The van der Waals surface area contributed by atoms with Crippen molar-refractivity contribution in [3.05, 3.63) is 257 Å². The van der Waals surface area contributed by atoms with Crippen LogP contribution in [0.1, 0.15) is 45.9 Å². The van der Waals surface area contributed by atoms with Crippen molar-refractivity contribution in [2.24, 2.45) is 0 Å². The molecule has 0 saturated carbocycles. The summed E-state index contributed by atoms with van der Waals surface area (Å²) < 4.78 is 14.4. The Morgan fingerprint density at radius 3 is 1.32 bits per heavy atom. The first-order valence-corrected chi connectivity index (χ1v) is 22.9. The number of furan rings is 2. The molecule has 0 bridgehead atoms. The van der Waals surface area contributed by atoms with Gasteiger partial charge in [-0.05, 0) is 104 Å². The maximum atomic E-state index is 7.47. The van der Waals surface area contributed by atoms with Gasteiger partial charge in [-0.2, -0.15) is 0 Å². The van der Waals surface area contributed by atoms with E-state index in [1.54, 1.807) is 0 Å². The summed E-state index contributed by atoms with van der Waals surface area (Å²) in [7, 11) is 0. The third-order valence-electron chi connectivity index (χ3n) is 15.4. The quantitative estimate of drug-likeness (QED) is 0.177. The SMILES string of the molecule is CC1(c2cccc3c2oc2c(N(c4ccc5c(c4)C4(c6ccccc6-c6ccccc64)c4ccccc4-5)c4cccc5c4oc4ccccc45)cccc23)c2ccccc2-c2ccccc21. The molecule has 12 aromatic rings. The van der Waals surface area contributed by atoms with E-state index in [9.17, 15) is 0 Å². The zero-order valence-corrected chi connectivity index (χ0v) is 36.0. The van der Waals surface area contributed by atoms with Crippen molar-refractivity contribution in [2.75, 3.05) is 4.90 Å². The second-order valence-corrected chi connectivity index (χ2v) is 18.4. The van der Waals surface area contributed by atoms with E-state index in [1.807, 2.05) is 6.07 Å². The van der Waals surface area contributed by atoms with E-state index >= 15 is 0 Å². The van der Waals surface area contributed by atoms with Crippen molar-refractivity contribution in [3.8, 4) is 33.4 Å². The molecule has 2 heterocycles. The average Bonchev–Trinajstić information content (AvgIpc) is 4.16. The molecular formula is C63H39NO2. The average molecular weight is 842 g/mol. The summed E-state index contributed by atoms with van der Waals surface area (Å²) in [5.74, 6) is 0. The van der Waals surface area contributed by atoms with Gasteiger partial charge in [0.1, 0.15) is 11.2 Å². The molecule has 0 unspecified atom stereocenters. The van der Waals surface area contributed by atoms with Gasteiger partial charge in [-0.25, -0.2) is 0 Å². The molecule has 0 amide bonds. The Bertz CT molecular complexity index is 3940. The lowest BCUT2D eigenvalue weighted by Crippen LogP contribution is -2.26. The molecule has 66 heavy (non-hydrogen) atoms. The van der Waals surface area contributed by atoms with Crippen LogP contribution in [-0.4, -0.2) is 0 Å². The Morgan fingerprint density at radius 1 is 0.318 bits per heavy atom. The second kappa shape index (κ2) is 12.9. The topological polar surface area (TPSA) is 29.5 Å². The van der Waals surface area contributed by atoms with Crippen LogP contribution in [0.15, 0.2) is 227 Å². The minimum atomic E-state index is -0.504. The monoisotopic (exact) mass is 841 g/mol. The van der Waals surface area contributed by atoms with Crippen molar-refractivity contribution in [2.45, 2.75) is 17.8 Å². The fourth-order valence-corrected chi connectivity index (χ4v) is 12.7. The first kappa shape index (κ1) is 36.0. The molecule has 15 rings (SSSR count).